The summed E-state index contributed by atoms with van der Waals surface area (Å²) in [7, 11) is 0. The van der Waals surface area contributed by atoms with Gasteiger partial charge in [-0.3, -0.25) is 14.4 Å². The van der Waals surface area contributed by atoms with E-state index in [0.29, 0.717) is 23.6 Å². The second-order valence-corrected chi connectivity index (χ2v) is 10.8. The largest absolute Gasteiger partial charge is 0.494 e. The number of hydrogen-bond donors (Lipinski definition) is 0. The van der Waals surface area contributed by atoms with Gasteiger partial charge in [0.15, 0.2) is 5.78 Å². The number of anilines is 1. The summed E-state index contributed by atoms with van der Waals surface area (Å²) in [6.45, 7) is 2.72. The molecule has 0 unspecified atom stereocenters. The third-order valence-corrected chi connectivity index (χ3v) is 8.25. The van der Waals surface area contributed by atoms with E-state index in [-0.39, 0.29) is 17.6 Å². The zero-order chi connectivity index (χ0) is 26.4. The molecule has 2 saturated heterocycles. The number of rotatable bonds is 7. The molecule has 4 atom stereocenters. The van der Waals surface area contributed by atoms with Crippen molar-refractivity contribution in [1.29, 1.82) is 0 Å². The maximum Gasteiger partial charge on any atom is 0.240 e. The van der Waals surface area contributed by atoms with Gasteiger partial charge < -0.3 is 9.64 Å². The van der Waals surface area contributed by atoms with Crippen LogP contribution in [0.4, 0.5) is 5.69 Å². The first-order valence-corrected chi connectivity index (χ1v) is 13.7. The van der Waals surface area contributed by atoms with E-state index in [1.54, 1.807) is 36.4 Å². The Bertz CT molecular complexity index is 1430. The van der Waals surface area contributed by atoms with Crippen LogP contribution in [0.2, 0.25) is 0 Å². The molecule has 0 radical (unpaired) electrons. The molecule has 3 aromatic rings. The molecule has 3 heterocycles. The molecule has 0 aliphatic carbocycles. The summed E-state index contributed by atoms with van der Waals surface area (Å²) in [6.07, 6.45) is 5.82. The molecule has 6 nitrogen and oxygen atoms in total. The van der Waals surface area contributed by atoms with Crippen molar-refractivity contribution < 1.29 is 19.1 Å². The first-order chi connectivity index (χ1) is 18.5. The third-order valence-electron chi connectivity index (χ3n) is 7.72. The van der Waals surface area contributed by atoms with Crippen molar-refractivity contribution in [1.82, 2.24) is 4.90 Å². The summed E-state index contributed by atoms with van der Waals surface area (Å²) in [5.74, 6) is -1.54. The van der Waals surface area contributed by atoms with E-state index in [1.807, 2.05) is 53.6 Å². The molecule has 0 saturated carbocycles. The molecule has 3 aromatic carbocycles. The van der Waals surface area contributed by atoms with Crippen LogP contribution in [0.1, 0.15) is 47.3 Å². The number of benzene rings is 3. The third kappa shape index (κ3) is 3.97. The van der Waals surface area contributed by atoms with Crippen molar-refractivity contribution in [2.24, 2.45) is 11.8 Å². The first kappa shape index (κ1) is 24.6. The van der Waals surface area contributed by atoms with Crippen LogP contribution in [0.25, 0.3) is 6.08 Å². The van der Waals surface area contributed by atoms with Crippen molar-refractivity contribution >= 4 is 45.3 Å². The quantitative estimate of drug-likeness (QED) is 0.197. The van der Waals surface area contributed by atoms with Gasteiger partial charge >= 0.3 is 0 Å². The second kappa shape index (κ2) is 9.87. The van der Waals surface area contributed by atoms with Crippen LogP contribution in [0.15, 0.2) is 83.5 Å². The van der Waals surface area contributed by atoms with E-state index in [9.17, 15) is 14.4 Å². The van der Waals surface area contributed by atoms with Crippen molar-refractivity contribution in [2.75, 3.05) is 11.5 Å². The van der Waals surface area contributed by atoms with Crippen molar-refractivity contribution in [3.05, 3.63) is 100 Å². The summed E-state index contributed by atoms with van der Waals surface area (Å²) < 4.78 is 6.62. The van der Waals surface area contributed by atoms with Gasteiger partial charge in [0.05, 0.1) is 30.2 Å². The standard InChI is InChI=1S/C31H27BrN2O4/c1-2-3-18-38-23-14-12-22(13-15-23)34-30(36)25-26(31(34)37)28(29(35)20-8-10-21(32)11-9-20)33-17-16-19-6-4-5-7-24(19)27(25)33/h4-17,25-28H,2-3,18H2,1H3/t25-,26-,27-,28+/m1/s1. The number of ether oxygens (including phenoxy) is 1. The van der Waals surface area contributed by atoms with Gasteiger partial charge in [-0.25, -0.2) is 4.90 Å². The van der Waals surface area contributed by atoms with E-state index >= 15 is 0 Å². The van der Waals surface area contributed by atoms with E-state index in [0.717, 1.165) is 28.4 Å². The van der Waals surface area contributed by atoms with Gasteiger partial charge in [0.25, 0.3) is 0 Å². The van der Waals surface area contributed by atoms with Gasteiger partial charge in [-0.1, -0.05) is 65.7 Å². The lowest BCUT2D eigenvalue weighted by atomic mass is 9.83. The van der Waals surface area contributed by atoms with E-state index in [2.05, 4.69) is 22.9 Å². The Kier molecular flexibility index (Phi) is 6.40. The van der Waals surface area contributed by atoms with Crippen LogP contribution in [0.5, 0.6) is 5.75 Å². The number of amides is 2. The SMILES string of the molecule is CCCCOc1ccc(N2C(=O)[C@@H]3[C@@H](C2=O)[C@H]2c4ccccc4C=CN2[C@@H]3C(=O)c2ccc(Br)cc2)cc1. The summed E-state index contributed by atoms with van der Waals surface area (Å²) in [5.41, 5.74) is 2.96. The zero-order valence-corrected chi connectivity index (χ0v) is 22.5. The second-order valence-electron chi connectivity index (χ2n) is 9.91. The number of ketones is 1. The summed E-state index contributed by atoms with van der Waals surface area (Å²) >= 11 is 3.42. The van der Waals surface area contributed by atoms with Crippen LogP contribution in [0, 0.1) is 11.8 Å². The van der Waals surface area contributed by atoms with E-state index in [1.165, 1.54) is 4.90 Å². The van der Waals surface area contributed by atoms with Gasteiger partial charge in [-0.05, 0) is 60.0 Å². The van der Waals surface area contributed by atoms with Gasteiger partial charge in [0, 0.05) is 16.2 Å². The molecular formula is C31H27BrN2O4. The number of imide groups is 1. The smallest absolute Gasteiger partial charge is 0.240 e. The molecule has 6 rings (SSSR count). The lowest BCUT2D eigenvalue weighted by Gasteiger charge is -2.35. The first-order valence-electron chi connectivity index (χ1n) is 12.9. The molecule has 192 valence electrons. The molecule has 0 spiro atoms. The van der Waals surface area contributed by atoms with Crippen molar-refractivity contribution in [2.45, 2.75) is 31.8 Å². The number of unbranched alkanes of at least 4 members (excludes halogenated alkanes) is 1. The predicted molar refractivity (Wildman–Crippen MR) is 149 cm³/mol. The number of hydrogen-bond acceptors (Lipinski definition) is 5. The number of carbonyl (C=O) groups is 3. The summed E-state index contributed by atoms with van der Waals surface area (Å²) in [5, 5.41) is 0. The minimum atomic E-state index is -0.792. The minimum Gasteiger partial charge on any atom is -0.494 e. The van der Waals surface area contributed by atoms with Crippen LogP contribution in [0.3, 0.4) is 0 Å². The highest BCUT2D eigenvalue weighted by molar-refractivity contribution is 9.10. The molecule has 2 amide bonds. The Morgan fingerprint density at radius 1 is 0.921 bits per heavy atom. The fourth-order valence-corrected chi connectivity index (χ4v) is 6.19. The molecular weight excluding hydrogens is 544 g/mol. The Balaban J connectivity index is 1.39. The monoisotopic (exact) mass is 570 g/mol. The van der Waals surface area contributed by atoms with Crippen LogP contribution in [-0.4, -0.2) is 35.1 Å². The fourth-order valence-electron chi connectivity index (χ4n) is 5.92. The molecule has 0 N–H and O–H groups in total. The van der Waals surface area contributed by atoms with Crippen molar-refractivity contribution in [3.63, 3.8) is 0 Å². The number of halogens is 1. The molecule has 3 aliphatic heterocycles. The Morgan fingerprint density at radius 3 is 2.37 bits per heavy atom. The normalized spacial score (nSPS) is 23.3. The maximum absolute atomic E-state index is 14.0. The summed E-state index contributed by atoms with van der Waals surface area (Å²) in [6, 6.07) is 20.9. The molecule has 38 heavy (non-hydrogen) atoms. The van der Waals surface area contributed by atoms with Gasteiger partial charge in [0.2, 0.25) is 11.8 Å². The lowest BCUT2D eigenvalue weighted by Crippen LogP contribution is -2.44. The van der Waals surface area contributed by atoms with Crippen LogP contribution in [-0.2, 0) is 9.59 Å². The molecule has 3 aliphatic rings. The minimum absolute atomic E-state index is 0.165. The zero-order valence-electron chi connectivity index (χ0n) is 20.9. The maximum atomic E-state index is 14.0. The molecule has 0 bridgehead atoms. The van der Waals surface area contributed by atoms with Crippen LogP contribution >= 0.6 is 15.9 Å². The highest BCUT2D eigenvalue weighted by atomic mass is 79.9. The van der Waals surface area contributed by atoms with Crippen molar-refractivity contribution in [3.8, 4) is 5.75 Å². The Labute approximate surface area is 230 Å². The molecule has 2 fully saturated rings. The fraction of sp³-hybridized carbons (Fsp3) is 0.258. The number of carbonyl (C=O) groups excluding carboxylic acids is 3. The number of Topliss-reactive ketones (excluding diaryl/α,β-unsaturated/α-hetero) is 1. The molecule has 0 aromatic heterocycles. The topological polar surface area (TPSA) is 66.9 Å². The highest BCUT2D eigenvalue weighted by Crippen LogP contribution is 2.53. The highest BCUT2D eigenvalue weighted by Gasteiger charge is 2.64. The average molecular weight is 571 g/mol. The number of nitrogens with zero attached hydrogens (tertiary/aromatic N) is 2. The Morgan fingerprint density at radius 2 is 1.63 bits per heavy atom. The predicted octanol–water partition coefficient (Wildman–Crippen LogP) is 6.03. The lowest BCUT2D eigenvalue weighted by molar-refractivity contribution is -0.123. The van der Waals surface area contributed by atoms with Gasteiger partial charge in [-0.15, -0.1) is 0 Å². The van der Waals surface area contributed by atoms with Gasteiger partial charge in [0.1, 0.15) is 11.8 Å². The van der Waals surface area contributed by atoms with E-state index in [4.69, 9.17) is 4.74 Å². The Hall–Kier alpha value is -3.71. The summed E-state index contributed by atoms with van der Waals surface area (Å²) in [4.78, 5) is 45.2. The molecule has 7 heteroatoms. The van der Waals surface area contributed by atoms with Gasteiger partial charge in [-0.2, -0.15) is 0 Å². The van der Waals surface area contributed by atoms with Crippen LogP contribution < -0.4 is 9.64 Å². The number of fused-ring (bicyclic) bond motifs is 5. The van der Waals surface area contributed by atoms with E-state index < -0.39 is 23.9 Å². The average Bonchev–Trinajstić information content (AvgIpc) is 3.41.